The molecule has 1 aliphatic rings. The number of hydrogen-bond acceptors (Lipinski definition) is 3. The first-order valence-electron chi connectivity index (χ1n) is 5.27. The predicted molar refractivity (Wildman–Crippen MR) is 59.4 cm³/mol. The SMILES string of the molecule is COc1ccccc1CN1CC(C(=O)O)C1. The number of ether oxygens (including phenoxy) is 1. The number of hydrogen-bond donors (Lipinski definition) is 1. The summed E-state index contributed by atoms with van der Waals surface area (Å²) in [6.45, 7) is 2.02. The molecule has 1 aromatic rings. The molecule has 1 heterocycles. The Morgan fingerprint density at radius 2 is 2.19 bits per heavy atom. The van der Waals surface area contributed by atoms with E-state index in [0.717, 1.165) is 17.9 Å². The van der Waals surface area contributed by atoms with Gasteiger partial charge in [0.05, 0.1) is 13.0 Å². The van der Waals surface area contributed by atoms with Gasteiger partial charge >= 0.3 is 5.97 Å². The summed E-state index contributed by atoms with van der Waals surface area (Å²) in [5, 5.41) is 8.77. The highest BCUT2D eigenvalue weighted by Gasteiger charge is 2.32. The van der Waals surface area contributed by atoms with Gasteiger partial charge in [-0.05, 0) is 6.07 Å². The molecule has 0 atom stereocenters. The van der Waals surface area contributed by atoms with Crippen LogP contribution in [0.25, 0.3) is 0 Å². The van der Waals surface area contributed by atoms with Gasteiger partial charge in [0, 0.05) is 25.2 Å². The number of carbonyl (C=O) groups is 1. The zero-order valence-corrected chi connectivity index (χ0v) is 9.22. The largest absolute Gasteiger partial charge is 0.496 e. The molecular weight excluding hydrogens is 206 g/mol. The molecule has 0 saturated carbocycles. The van der Waals surface area contributed by atoms with Crippen molar-refractivity contribution in [3.8, 4) is 5.75 Å². The molecule has 16 heavy (non-hydrogen) atoms. The van der Waals surface area contributed by atoms with Crippen molar-refractivity contribution in [3.05, 3.63) is 29.8 Å². The van der Waals surface area contributed by atoms with Crippen molar-refractivity contribution in [3.63, 3.8) is 0 Å². The van der Waals surface area contributed by atoms with Crippen molar-refractivity contribution in [2.24, 2.45) is 5.92 Å². The molecule has 1 N–H and O–H groups in total. The average molecular weight is 221 g/mol. The Kier molecular flexibility index (Phi) is 3.10. The van der Waals surface area contributed by atoms with Crippen LogP contribution in [0.2, 0.25) is 0 Å². The number of carboxylic acid groups (broad SMARTS) is 1. The second-order valence-corrected chi connectivity index (χ2v) is 4.04. The van der Waals surface area contributed by atoms with Gasteiger partial charge in [-0.25, -0.2) is 0 Å². The fourth-order valence-corrected chi connectivity index (χ4v) is 1.93. The lowest BCUT2D eigenvalue weighted by Gasteiger charge is -2.36. The molecule has 86 valence electrons. The van der Waals surface area contributed by atoms with Gasteiger partial charge in [0.15, 0.2) is 0 Å². The Bertz CT molecular complexity index is 386. The van der Waals surface area contributed by atoms with Crippen LogP contribution in [-0.2, 0) is 11.3 Å². The van der Waals surface area contributed by atoms with Gasteiger partial charge in [-0.15, -0.1) is 0 Å². The number of carboxylic acids is 1. The topological polar surface area (TPSA) is 49.8 Å². The fourth-order valence-electron chi connectivity index (χ4n) is 1.93. The van der Waals surface area contributed by atoms with E-state index in [4.69, 9.17) is 9.84 Å². The lowest BCUT2D eigenvalue weighted by molar-refractivity contribution is -0.147. The zero-order valence-electron chi connectivity index (χ0n) is 9.22. The van der Waals surface area contributed by atoms with Crippen molar-refractivity contribution in [2.45, 2.75) is 6.54 Å². The van der Waals surface area contributed by atoms with Crippen LogP contribution in [0, 0.1) is 5.92 Å². The first-order valence-corrected chi connectivity index (χ1v) is 5.27. The lowest BCUT2D eigenvalue weighted by atomic mass is 9.99. The van der Waals surface area contributed by atoms with E-state index in [-0.39, 0.29) is 5.92 Å². The summed E-state index contributed by atoms with van der Waals surface area (Å²) in [7, 11) is 1.65. The maximum Gasteiger partial charge on any atom is 0.309 e. The molecule has 0 aromatic heterocycles. The molecule has 1 aliphatic heterocycles. The predicted octanol–water partition coefficient (Wildman–Crippen LogP) is 1.21. The Morgan fingerprint density at radius 1 is 1.50 bits per heavy atom. The number of para-hydroxylation sites is 1. The molecule has 4 nitrogen and oxygen atoms in total. The molecule has 4 heteroatoms. The molecule has 1 aromatic carbocycles. The number of methoxy groups -OCH3 is 1. The second kappa shape index (κ2) is 4.53. The first-order chi connectivity index (χ1) is 7.70. The Balaban J connectivity index is 1.93. The van der Waals surface area contributed by atoms with Crippen LogP contribution in [-0.4, -0.2) is 36.2 Å². The summed E-state index contributed by atoms with van der Waals surface area (Å²) in [5.74, 6) is -0.0349. The van der Waals surface area contributed by atoms with Gasteiger partial charge < -0.3 is 9.84 Å². The van der Waals surface area contributed by atoms with Crippen LogP contribution in [0.5, 0.6) is 5.75 Å². The van der Waals surface area contributed by atoms with Gasteiger partial charge in [-0.2, -0.15) is 0 Å². The third-order valence-corrected chi connectivity index (χ3v) is 2.89. The minimum Gasteiger partial charge on any atom is -0.496 e. The fraction of sp³-hybridized carbons (Fsp3) is 0.417. The first kappa shape index (κ1) is 11.0. The van der Waals surface area contributed by atoms with Crippen molar-refractivity contribution >= 4 is 5.97 Å². The molecule has 0 bridgehead atoms. The highest BCUT2D eigenvalue weighted by Crippen LogP contribution is 2.23. The van der Waals surface area contributed by atoms with Crippen LogP contribution in [0.3, 0.4) is 0 Å². The number of aliphatic carboxylic acids is 1. The zero-order chi connectivity index (χ0) is 11.5. The van der Waals surface area contributed by atoms with Gasteiger partial charge in [0.1, 0.15) is 5.75 Å². The number of nitrogens with zero attached hydrogens (tertiary/aromatic N) is 1. The normalized spacial score (nSPS) is 16.8. The highest BCUT2D eigenvalue weighted by molar-refractivity contribution is 5.71. The standard InChI is InChI=1S/C12H15NO3/c1-16-11-5-3-2-4-9(11)6-13-7-10(8-13)12(14)15/h2-5,10H,6-8H2,1H3,(H,14,15). The van der Waals surface area contributed by atoms with Gasteiger partial charge in [-0.3, -0.25) is 9.69 Å². The molecular formula is C12H15NO3. The van der Waals surface area contributed by atoms with Crippen molar-refractivity contribution in [1.29, 1.82) is 0 Å². The van der Waals surface area contributed by atoms with Crippen molar-refractivity contribution in [2.75, 3.05) is 20.2 Å². The van der Waals surface area contributed by atoms with Gasteiger partial charge in [-0.1, -0.05) is 18.2 Å². The maximum absolute atomic E-state index is 10.7. The number of likely N-dealkylation sites (tertiary alicyclic amines) is 1. The highest BCUT2D eigenvalue weighted by atomic mass is 16.5. The lowest BCUT2D eigenvalue weighted by Crippen LogP contribution is -2.49. The third-order valence-electron chi connectivity index (χ3n) is 2.89. The van der Waals surface area contributed by atoms with E-state index in [2.05, 4.69) is 4.90 Å². The van der Waals surface area contributed by atoms with Crippen LogP contribution < -0.4 is 4.74 Å². The minimum atomic E-state index is -0.698. The van der Waals surface area contributed by atoms with Gasteiger partial charge in [0.25, 0.3) is 0 Å². The second-order valence-electron chi connectivity index (χ2n) is 4.04. The Morgan fingerprint density at radius 3 is 2.81 bits per heavy atom. The summed E-state index contributed by atoms with van der Waals surface area (Å²) in [5.41, 5.74) is 1.11. The molecule has 1 fully saturated rings. The minimum absolute atomic E-state index is 0.199. The summed E-state index contributed by atoms with van der Waals surface area (Å²) in [6, 6.07) is 7.82. The average Bonchev–Trinajstić information content (AvgIpc) is 2.22. The van der Waals surface area contributed by atoms with Crippen LogP contribution >= 0.6 is 0 Å². The van der Waals surface area contributed by atoms with E-state index >= 15 is 0 Å². The van der Waals surface area contributed by atoms with E-state index < -0.39 is 5.97 Å². The maximum atomic E-state index is 10.7. The summed E-state index contributed by atoms with van der Waals surface area (Å²) in [6.07, 6.45) is 0. The molecule has 0 unspecified atom stereocenters. The molecule has 1 saturated heterocycles. The van der Waals surface area contributed by atoms with Crippen LogP contribution in [0.15, 0.2) is 24.3 Å². The Hall–Kier alpha value is -1.55. The summed E-state index contributed by atoms with van der Waals surface area (Å²) < 4.78 is 5.25. The van der Waals surface area contributed by atoms with Crippen molar-refractivity contribution < 1.29 is 14.6 Å². The quantitative estimate of drug-likeness (QED) is 0.830. The molecule has 0 spiro atoms. The van der Waals surface area contributed by atoms with E-state index in [9.17, 15) is 4.79 Å². The van der Waals surface area contributed by atoms with Gasteiger partial charge in [0.2, 0.25) is 0 Å². The van der Waals surface area contributed by atoms with E-state index in [1.54, 1.807) is 7.11 Å². The smallest absolute Gasteiger partial charge is 0.309 e. The van der Waals surface area contributed by atoms with E-state index in [0.29, 0.717) is 13.1 Å². The number of rotatable bonds is 4. The molecule has 0 amide bonds. The summed E-state index contributed by atoms with van der Waals surface area (Å²) >= 11 is 0. The van der Waals surface area contributed by atoms with Crippen LogP contribution in [0.4, 0.5) is 0 Å². The molecule has 2 rings (SSSR count). The van der Waals surface area contributed by atoms with Crippen LogP contribution in [0.1, 0.15) is 5.56 Å². The third kappa shape index (κ3) is 2.17. The van der Waals surface area contributed by atoms with E-state index in [1.807, 2.05) is 24.3 Å². The Labute approximate surface area is 94.4 Å². The molecule has 0 aliphatic carbocycles. The summed E-state index contributed by atoms with van der Waals surface area (Å²) in [4.78, 5) is 12.8. The monoisotopic (exact) mass is 221 g/mol. The number of benzene rings is 1. The van der Waals surface area contributed by atoms with Crippen molar-refractivity contribution in [1.82, 2.24) is 4.90 Å². The van der Waals surface area contributed by atoms with E-state index in [1.165, 1.54) is 0 Å². The molecule has 0 radical (unpaired) electrons.